The fourth-order valence-electron chi connectivity index (χ4n) is 4.41. The van der Waals surface area contributed by atoms with Gasteiger partial charge in [0.25, 0.3) is 5.91 Å². The minimum atomic E-state index is -4.65. The normalized spacial score (nSPS) is 30.8. The summed E-state index contributed by atoms with van der Waals surface area (Å²) in [6.07, 6.45) is -4.77. The molecule has 3 fully saturated rings. The van der Waals surface area contributed by atoms with Crippen molar-refractivity contribution >= 4 is 5.91 Å². The Morgan fingerprint density at radius 1 is 1.09 bits per heavy atom. The quantitative estimate of drug-likeness (QED) is 0.620. The number of alkyl halides is 3. The second kappa shape index (κ2) is 8.56. The molecule has 2 saturated carbocycles. The van der Waals surface area contributed by atoms with E-state index in [1.165, 1.54) is 24.3 Å². The van der Waals surface area contributed by atoms with E-state index in [2.05, 4.69) is 20.3 Å². The van der Waals surface area contributed by atoms with E-state index >= 15 is 0 Å². The predicted octanol–water partition coefficient (Wildman–Crippen LogP) is 3.26. The van der Waals surface area contributed by atoms with E-state index in [0.29, 0.717) is 17.5 Å². The molecule has 1 amide bonds. The minimum absolute atomic E-state index is 0.109. The molecule has 0 unspecified atom stereocenters. The first-order chi connectivity index (χ1) is 15.7. The number of carbonyl (C=O) groups excluding carboxylic acids is 1. The molecule has 1 saturated heterocycles. The van der Waals surface area contributed by atoms with Gasteiger partial charge < -0.3 is 19.2 Å². The summed E-state index contributed by atoms with van der Waals surface area (Å²) in [4.78, 5) is 12.2. The van der Waals surface area contributed by atoms with E-state index in [1.54, 1.807) is 0 Å². The highest BCUT2D eigenvalue weighted by molar-refractivity contribution is 5.78. The van der Waals surface area contributed by atoms with Crippen LogP contribution in [0.5, 0.6) is 5.75 Å². The van der Waals surface area contributed by atoms with E-state index in [-0.39, 0.29) is 61.6 Å². The highest BCUT2D eigenvalue weighted by Crippen LogP contribution is 2.54. The summed E-state index contributed by atoms with van der Waals surface area (Å²) < 4.78 is 70.6. The molecule has 8 nitrogen and oxygen atoms in total. The number of halogens is 4. The minimum Gasteiger partial charge on any atom is -0.484 e. The number of hydrogen-bond donors (Lipinski definition) is 1. The fourth-order valence-corrected chi connectivity index (χ4v) is 4.41. The lowest BCUT2D eigenvalue weighted by atomic mass is 9.82. The fraction of sp³-hybridized carbons (Fsp3) is 0.571. The number of nitrogens with one attached hydrogen (secondary N) is 1. The van der Waals surface area contributed by atoms with Crippen LogP contribution in [-0.2, 0) is 14.3 Å². The van der Waals surface area contributed by atoms with Gasteiger partial charge in [0, 0.05) is 5.92 Å². The van der Waals surface area contributed by atoms with Gasteiger partial charge in [0.1, 0.15) is 17.7 Å². The molecule has 1 aliphatic heterocycles. The summed E-state index contributed by atoms with van der Waals surface area (Å²) in [5, 5.41) is 10.9. The summed E-state index contributed by atoms with van der Waals surface area (Å²) in [6, 6.07) is 5.21. The van der Waals surface area contributed by atoms with Gasteiger partial charge in [-0.1, -0.05) is 0 Å². The summed E-state index contributed by atoms with van der Waals surface area (Å²) >= 11 is 0. The molecule has 2 aromatic rings. The standard InChI is InChI=1S/C21H21F4N3O5/c22-11-1-3-12(4-2-11)30-9-17(29)26-16-8-31-18(15-7-14(15)16)20-28-27-19(32-20)10-5-13(6-10)33-21(23,24)25/h1-4,10,13-16,18H,5-9H2,(H,26,29)/t10?,13?,14-,15+,16-,18-/m0/s1. The molecule has 0 spiro atoms. The van der Waals surface area contributed by atoms with Gasteiger partial charge in [0.2, 0.25) is 11.8 Å². The lowest BCUT2D eigenvalue weighted by molar-refractivity contribution is -0.352. The van der Waals surface area contributed by atoms with Crippen molar-refractivity contribution in [1.82, 2.24) is 15.5 Å². The molecule has 0 bridgehead atoms. The second-order valence-electron chi connectivity index (χ2n) is 8.57. The molecule has 1 aromatic carbocycles. The van der Waals surface area contributed by atoms with Crippen molar-refractivity contribution in [2.75, 3.05) is 13.2 Å². The molecule has 2 aliphatic carbocycles. The van der Waals surface area contributed by atoms with Crippen LogP contribution >= 0.6 is 0 Å². The molecular weight excluding hydrogens is 450 g/mol. The Balaban J connectivity index is 1.08. The van der Waals surface area contributed by atoms with E-state index in [9.17, 15) is 22.4 Å². The van der Waals surface area contributed by atoms with Crippen LogP contribution in [0.2, 0.25) is 0 Å². The molecule has 1 N–H and O–H groups in total. The zero-order chi connectivity index (χ0) is 23.2. The molecule has 12 heteroatoms. The Morgan fingerprint density at radius 2 is 1.82 bits per heavy atom. The van der Waals surface area contributed by atoms with Crippen LogP contribution in [0.25, 0.3) is 0 Å². The topological polar surface area (TPSA) is 95.7 Å². The van der Waals surface area contributed by atoms with Crippen molar-refractivity contribution in [3.63, 3.8) is 0 Å². The summed E-state index contributed by atoms with van der Waals surface area (Å²) in [5.74, 6) is 0.346. The Labute approximate surface area is 185 Å². The third-order valence-corrected chi connectivity index (χ3v) is 6.23. The monoisotopic (exact) mass is 471 g/mol. The maximum atomic E-state index is 12.9. The number of ether oxygens (including phenoxy) is 3. The maximum absolute atomic E-state index is 12.9. The second-order valence-corrected chi connectivity index (χ2v) is 8.57. The Kier molecular flexibility index (Phi) is 5.73. The zero-order valence-corrected chi connectivity index (χ0v) is 17.3. The van der Waals surface area contributed by atoms with Crippen molar-refractivity contribution < 1.29 is 41.0 Å². The molecule has 2 heterocycles. The number of carbonyl (C=O) groups is 1. The van der Waals surface area contributed by atoms with Crippen LogP contribution < -0.4 is 10.1 Å². The molecule has 0 radical (unpaired) electrons. The van der Waals surface area contributed by atoms with Gasteiger partial charge in [-0.15, -0.1) is 23.4 Å². The highest BCUT2D eigenvalue weighted by Gasteiger charge is 2.54. The number of fused-ring (bicyclic) bond motifs is 1. The Bertz CT molecular complexity index is 993. The molecular formula is C21H21F4N3O5. The molecule has 1 aromatic heterocycles. The first-order valence-electron chi connectivity index (χ1n) is 10.6. The van der Waals surface area contributed by atoms with Gasteiger partial charge in [-0.25, -0.2) is 4.39 Å². The highest BCUT2D eigenvalue weighted by atomic mass is 19.4. The third-order valence-electron chi connectivity index (χ3n) is 6.23. The lowest BCUT2D eigenvalue weighted by Gasteiger charge is -2.33. The first kappa shape index (κ1) is 22.1. The Morgan fingerprint density at radius 3 is 2.55 bits per heavy atom. The SMILES string of the molecule is O=C(COc1ccc(F)cc1)N[C@H]1CO[C@H](c2nnc(C3CC(OC(F)(F)F)C3)o2)[C@@H]2C[C@@H]21. The van der Waals surface area contributed by atoms with Crippen molar-refractivity contribution in [3.05, 3.63) is 41.9 Å². The van der Waals surface area contributed by atoms with Crippen LogP contribution in [0.1, 0.15) is 43.1 Å². The molecule has 4 atom stereocenters. The van der Waals surface area contributed by atoms with Crippen LogP contribution in [0.4, 0.5) is 17.6 Å². The lowest BCUT2D eigenvalue weighted by Crippen LogP contribution is -2.45. The summed E-state index contributed by atoms with van der Waals surface area (Å²) in [5.41, 5.74) is 0. The average molecular weight is 471 g/mol. The van der Waals surface area contributed by atoms with E-state index in [0.717, 1.165) is 6.42 Å². The van der Waals surface area contributed by atoms with Crippen LogP contribution in [0, 0.1) is 17.7 Å². The molecule has 5 rings (SSSR count). The Hall–Kier alpha value is -2.73. The van der Waals surface area contributed by atoms with Gasteiger partial charge in [-0.3, -0.25) is 9.53 Å². The number of amides is 1. The first-order valence-corrected chi connectivity index (χ1v) is 10.6. The average Bonchev–Trinajstić information content (AvgIpc) is 3.40. The van der Waals surface area contributed by atoms with Crippen molar-refractivity contribution in [1.29, 1.82) is 0 Å². The van der Waals surface area contributed by atoms with Crippen LogP contribution in [-0.4, -0.2) is 47.8 Å². The third kappa shape index (κ3) is 5.11. The van der Waals surface area contributed by atoms with Gasteiger partial charge in [0.15, 0.2) is 6.61 Å². The predicted molar refractivity (Wildman–Crippen MR) is 101 cm³/mol. The van der Waals surface area contributed by atoms with Crippen molar-refractivity contribution in [3.8, 4) is 5.75 Å². The molecule has 178 valence electrons. The number of hydrogen-bond acceptors (Lipinski definition) is 7. The zero-order valence-electron chi connectivity index (χ0n) is 17.3. The van der Waals surface area contributed by atoms with Crippen molar-refractivity contribution in [2.45, 2.75) is 49.8 Å². The number of aromatic nitrogens is 2. The number of rotatable bonds is 7. The van der Waals surface area contributed by atoms with Crippen LogP contribution in [0.3, 0.4) is 0 Å². The molecule has 33 heavy (non-hydrogen) atoms. The number of nitrogens with zero attached hydrogens (tertiary/aromatic N) is 2. The van der Waals surface area contributed by atoms with E-state index in [1.807, 2.05) is 0 Å². The van der Waals surface area contributed by atoms with Crippen LogP contribution in [0.15, 0.2) is 28.7 Å². The largest absolute Gasteiger partial charge is 0.522 e. The maximum Gasteiger partial charge on any atom is 0.522 e. The molecule has 3 aliphatic rings. The van der Waals surface area contributed by atoms with Crippen molar-refractivity contribution in [2.24, 2.45) is 11.8 Å². The summed E-state index contributed by atoms with van der Waals surface area (Å²) in [7, 11) is 0. The van der Waals surface area contributed by atoms with Gasteiger partial charge in [-0.05, 0) is 55.4 Å². The van der Waals surface area contributed by atoms with Gasteiger partial charge >= 0.3 is 6.36 Å². The number of benzene rings is 1. The summed E-state index contributed by atoms with van der Waals surface area (Å²) in [6.45, 7) is 0.0627. The van der Waals surface area contributed by atoms with E-state index < -0.39 is 18.6 Å². The van der Waals surface area contributed by atoms with Gasteiger partial charge in [-0.2, -0.15) is 0 Å². The van der Waals surface area contributed by atoms with E-state index in [4.69, 9.17) is 13.9 Å². The smallest absolute Gasteiger partial charge is 0.484 e. The van der Waals surface area contributed by atoms with Gasteiger partial charge in [0.05, 0.1) is 18.8 Å².